The van der Waals surface area contributed by atoms with Crippen LogP contribution >= 0.6 is 0 Å². The highest BCUT2D eigenvalue weighted by Gasteiger charge is 2.19. The highest BCUT2D eigenvalue weighted by molar-refractivity contribution is 5.87. The van der Waals surface area contributed by atoms with E-state index in [0.717, 1.165) is 28.2 Å². The Kier molecular flexibility index (Phi) is 10.1. The van der Waals surface area contributed by atoms with E-state index in [1.165, 1.54) is 36.8 Å². The van der Waals surface area contributed by atoms with E-state index >= 15 is 0 Å². The summed E-state index contributed by atoms with van der Waals surface area (Å²) in [6.07, 6.45) is 6.36. The summed E-state index contributed by atoms with van der Waals surface area (Å²) in [5, 5.41) is 2.83. The highest BCUT2D eigenvalue weighted by atomic mass is 16.5. The van der Waals surface area contributed by atoms with Gasteiger partial charge < -0.3 is 9.47 Å². The normalized spacial score (nSPS) is 16.9. The van der Waals surface area contributed by atoms with Gasteiger partial charge in [-0.25, -0.2) is 4.79 Å². The smallest absolute Gasteiger partial charge is 0.333 e. The molecule has 0 amide bonds. The summed E-state index contributed by atoms with van der Waals surface area (Å²) in [7, 11) is 0. The summed E-state index contributed by atoms with van der Waals surface area (Å²) in [5.74, 6) is 1.87. The molecule has 5 heteroatoms. The Morgan fingerprint density at radius 1 is 0.897 bits per heavy atom. The standard InChI is InChI=1S/C34H39NO4/c1-4-25(3)34(36)39-21-19-31-23-30(28-11-9-27(10-12-28)26-7-5-24(2)6-8-26)15-18-33(31)29-13-16-32(17-14-29)38-22-20-35-37/h9-18,23-24,26H,3-8,19-22H2,1-2H3. The van der Waals surface area contributed by atoms with Gasteiger partial charge in [-0.1, -0.05) is 93.0 Å². The van der Waals surface area contributed by atoms with Crippen LogP contribution in [0.4, 0.5) is 0 Å². The SMILES string of the molecule is C=C(CC)C(=O)OCCc1cc(-c2ccc(C3CCC(C)CC3)cc2)ccc1-c1ccc(OCCN=O)cc1. The third kappa shape index (κ3) is 7.66. The fraction of sp³-hybridized carbons (Fsp3) is 0.382. The van der Waals surface area contributed by atoms with Crippen LogP contribution in [-0.2, 0) is 16.0 Å². The molecule has 3 aromatic rings. The molecule has 0 aromatic heterocycles. The number of benzene rings is 3. The van der Waals surface area contributed by atoms with E-state index in [1.807, 2.05) is 31.2 Å². The number of nitroso groups, excluding NO2 is 1. The minimum absolute atomic E-state index is 0.122. The van der Waals surface area contributed by atoms with Crippen molar-refractivity contribution in [3.8, 4) is 28.0 Å². The molecule has 0 saturated heterocycles. The Hall–Kier alpha value is -3.73. The lowest BCUT2D eigenvalue weighted by Crippen LogP contribution is -2.10. The van der Waals surface area contributed by atoms with E-state index < -0.39 is 0 Å². The molecule has 0 spiro atoms. The molecule has 0 radical (unpaired) electrons. The van der Waals surface area contributed by atoms with Crippen molar-refractivity contribution >= 4 is 5.97 Å². The summed E-state index contributed by atoms with van der Waals surface area (Å²) in [5.41, 5.74) is 7.48. The van der Waals surface area contributed by atoms with Crippen LogP contribution in [0.1, 0.15) is 63.0 Å². The molecule has 5 nitrogen and oxygen atoms in total. The van der Waals surface area contributed by atoms with Crippen molar-refractivity contribution in [2.24, 2.45) is 11.1 Å². The highest BCUT2D eigenvalue weighted by Crippen LogP contribution is 2.37. The molecule has 1 saturated carbocycles. The predicted octanol–water partition coefficient (Wildman–Crippen LogP) is 8.51. The minimum Gasteiger partial charge on any atom is -0.492 e. The first-order valence-electron chi connectivity index (χ1n) is 14.1. The van der Waals surface area contributed by atoms with E-state index in [-0.39, 0.29) is 25.7 Å². The third-order valence-electron chi connectivity index (χ3n) is 7.77. The number of esters is 1. The Morgan fingerprint density at radius 2 is 1.56 bits per heavy atom. The molecule has 3 aromatic carbocycles. The van der Waals surface area contributed by atoms with Crippen LogP contribution in [0.3, 0.4) is 0 Å². The second-order valence-corrected chi connectivity index (χ2v) is 10.5. The molecule has 1 aliphatic rings. The Balaban J connectivity index is 1.55. The van der Waals surface area contributed by atoms with Crippen molar-refractivity contribution in [1.82, 2.24) is 0 Å². The minimum atomic E-state index is -0.339. The maximum Gasteiger partial charge on any atom is 0.333 e. The van der Waals surface area contributed by atoms with Crippen molar-refractivity contribution in [3.05, 3.63) is 94.9 Å². The molecular weight excluding hydrogens is 486 g/mol. The summed E-state index contributed by atoms with van der Waals surface area (Å²) in [6.45, 7) is 8.71. The van der Waals surface area contributed by atoms with Gasteiger partial charge in [-0.15, -0.1) is 0 Å². The molecule has 1 aliphatic carbocycles. The van der Waals surface area contributed by atoms with E-state index in [2.05, 4.69) is 61.1 Å². The first kappa shape index (κ1) is 28.3. The molecule has 0 N–H and O–H groups in total. The van der Waals surface area contributed by atoms with Gasteiger partial charge in [0, 0.05) is 12.0 Å². The third-order valence-corrected chi connectivity index (χ3v) is 7.77. The lowest BCUT2D eigenvalue weighted by molar-refractivity contribution is -0.139. The van der Waals surface area contributed by atoms with Crippen LogP contribution in [0, 0.1) is 10.8 Å². The van der Waals surface area contributed by atoms with Crippen molar-refractivity contribution in [2.75, 3.05) is 19.8 Å². The zero-order valence-electron chi connectivity index (χ0n) is 23.2. The van der Waals surface area contributed by atoms with Crippen LogP contribution in [0.2, 0.25) is 0 Å². The van der Waals surface area contributed by atoms with Gasteiger partial charge in [0.1, 0.15) is 18.9 Å². The average molecular weight is 526 g/mol. The summed E-state index contributed by atoms with van der Waals surface area (Å²) < 4.78 is 11.1. The van der Waals surface area contributed by atoms with Crippen LogP contribution in [0.5, 0.6) is 5.75 Å². The molecule has 0 heterocycles. The van der Waals surface area contributed by atoms with Gasteiger partial charge in [0.05, 0.1) is 6.61 Å². The fourth-order valence-electron chi connectivity index (χ4n) is 5.23. The molecule has 0 atom stereocenters. The van der Waals surface area contributed by atoms with Crippen molar-refractivity contribution in [1.29, 1.82) is 0 Å². The second-order valence-electron chi connectivity index (χ2n) is 10.5. The van der Waals surface area contributed by atoms with Gasteiger partial charge in [0.15, 0.2) is 0 Å². The monoisotopic (exact) mass is 525 g/mol. The largest absolute Gasteiger partial charge is 0.492 e. The number of rotatable bonds is 12. The first-order chi connectivity index (χ1) is 19.0. The number of carbonyl (C=O) groups is 1. The molecule has 0 bridgehead atoms. The van der Waals surface area contributed by atoms with Crippen molar-refractivity contribution in [2.45, 2.75) is 58.3 Å². The number of hydrogen-bond acceptors (Lipinski definition) is 5. The van der Waals surface area contributed by atoms with E-state index in [9.17, 15) is 9.70 Å². The number of hydrogen-bond donors (Lipinski definition) is 0. The molecule has 39 heavy (non-hydrogen) atoms. The van der Waals surface area contributed by atoms with E-state index in [0.29, 0.717) is 30.1 Å². The molecule has 1 fully saturated rings. The average Bonchev–Trinajstić information content (AvgIpc) is 2.97. The molecule has 0 unspecified atom stereocenters. The van der Waals surface area contributed by atoms with Crippen molar-refractivity contribution < 1.29 is 14.3 Å². The van der Waals surface area contributed by atoms with Gasteiger partial charge >= 0.3 is 5.97 Å². The van der Waals surface area contributed by atoms with Gasteiger partial charge in [0.25, 0.3) is 0 Å². The van der Waals surface area contributed by atoms with E-state index in [1.54, 1.807) is 0 Å². The molecule has 204 valence electrons. The van der Waals surface area contributed by atoms with Crippen LogP contribution < -0.4 is 4.74 Å². The van der Waals surface area contributed by atoms with Crippen LogP contribution in [0.25, 0.3) is 22.3 Å². The van der Waals surface area contributed by atoms with Gasteiger partial charge in [-0.05, 0) is 76.6 Å². The lowest BCUT2D eigenvalue weighted by Gasteiger charge is -2.26. The van der Waals surface area contributed by atoms with Gasteiger partial charge in [-0.2, -0.15) is 4.91 Å². The van der Waals surface area contributed by atoms with Crippen LogP contribution in [0.15, 0.2) is 84.1 Å². The lowest BCUT2D eigenvalue weighted by atomic mass is 9.79. The number of ether oxygens (including phenoxy) is 2. The van der Waals surface area contributed by atoms with Gasteiger partial charge in [0.2, 0.25) is 0 Å². The zero-order chi connectivity index (χ0) is 27.6. The van der Waals surface area contributed by atoms with Crippen LogP contribution in [-0.4, -0.2) is 25.7 Å². The Bertz CT molecular complexity index is 1260. The maximum atomic E-state index is 12.2. The van der Waals surface area contributed by atoms with Gasteiger partial charge in [-0.3, -0.25) is 0 Å². The Labute approximate surface area is 232 Å². The second kappa shape index (κ2) is 13.9. The zero-order valence-corrected chi connectivity index (χ0v) is 23.2. The topological polar surface area (TPSA) is 65.0 Å². The summed E-state index contributed by atoms with van der Waals surface area (Å²) >= 11 is 0. The quantitative estimate of drug-likeness (QED) is 0.103. The molecule has 0 aliphatic heterocycles. The number of nitrogens with zero attached hydrogens (tertiary/aromatic N) is 1. The molecule has 4 rings (SSSR count). The summed E-state index contributed by atoms with van der Waals surface area (Å²) in [4.78, 5) is 22.5. The number of carbonyl (C=O) groups excluding carboxylic acids is 1. The fourth-order valence-corrected chi connectivity index (χ4v) is 5.23. The summed E-state index contributed by atoms with van der Waals surface area (Å²) in [6, 6.07) is 23.4. The van der Waals surface area contributed by atoms with E-state index in [4.69, 9.17) is 9.47 Å². The van der Waals surface area contributed by atoms with Crippen molar-refractivity contribution in [3.63, 3.8) is 0 Å². The first-order valence-corrected chi connectivity index (χ1v) is 14.1. The predicted molar refractivity (Wildman–Crippen MR) is 158 cm³/mol. The Morgan fingerprint density at radius 3 is 2.23 bits per heavy atom. The molecular formula is C34H39NO4. The maximum absolute atomic E-state index is 12.2.